The molecule has 42 nitrogen and oxygen atoms in total. The highest BCUT2D eigenvalue weighted by molar-refractivity contribution is 6.31. The molecule has 0 fully saturated rings. The molecule has 7 heterocycles. The molecule has 0 saturated heterocycles. The molecule has 47 heteroatoms. The number of anilines is 23. The number of aryl methyl sites for hydroxylation is 2. The van der Waals surface area contributed by atoms with Crippen molar-refractivity contribution in [2.75, 3.05) is 156 Å². The first-order valence-corrected chi connectivity index (χ1v) is 42.7. The lowest BCUT2D eigenvalue weighted by Crippen LogP contribution is -2.16. The first-order valence-electron chi connectivity index (χ1n) is 40.8. The molecular formula is C85H109Cl5N42. The van der Waals surface area contributed by atoms with Crippen LogP contribution >= 0.6 is 58.0 Å². The van der Waals surface area contributed by atoms with Gasteiger partial charge in [0.15, 0.2) is 0 Å². The Morgan fingerprint density at radius 3 is 0.780 bits per heavy atom. The maximum Gasteiger partial charge on any atom is 0.233 e. The lowest BCUT2D eigenvalue weighted by atomic mass is 10.1. The van der Waals surface area contributed by atoms with Crippen LogP contribution in [0.2, 0.25) is 25.1 Å². The average molecular weight is 1900 g/mol. The third kappa shape index (κ3) is 39.6. The second-order valence-electron chi connectivity index (χ2n) is 29.6. The number of halogens is 5. The Kier molecular flexibility index (Phi) is 40.6. The fourth-order valence-electron chi connectivity index (χ4n) is 10.6. The minimum atomic E-state index is 0.0936. The van der Waals surface area contributed by atoms with Crippen LogP contribution in [0.25, 0.3) is 0 Å². The quantitative estimate of drug-likeness (QED) is 0.0207. The third-order valence-electron chi connectivity index (χ3n) is 16.5. The fraction of sp³-hybridized carbons (Fsp3) is 0.259. The number of rotatable bonds is 29. The highest BCUT2D eigenvalue weighted by Gasteiger charge is 2.14. The van der Waals surface area contributed by atoms with Gasteiger partial charge in [-0.05, 0) is 192 Å². The molecule has 28 N–H and O–H groups in total. The van der Waals surface area contributed by atoms with E-state index in [0.717, 1.165) is 62.1 Å². The minimum absolute atomic E-state index is 0.0936. The van der Waals surface area contributed by atoms with Gasteiger partial charge >= 0.3 is 0 Å². The van der Waals surface area contributed by atoms with Gasteiger partial charge in [-0.2, -0.15) is 105 Å². The molecule has 0 bridgehead atoms. The van der Waals surface area contributed by atoms with Crippen molar-refractivity contribution >= 4 is 194 Å². The zero-order valence-electron chi connectivity index (χ0n) is 74.7. The van der Waals surface area contributed by atoms with Gasteiger partial charge in [0, 0.05) is 116 Å². The number of hydrogen-bond acceptors (Lipinski definition) is 42. The molecule has 14 rings (SSSR count). The van der Waals surface area contributed by atoms with Gasteiger partial charge in [0.25, 0.3) is 0 Å². The van der Waals surface area contributed by atoms with E-state index in [0.29, 0.717) is 119 Å². The second kappa shape index (κ2) is 52.4. The summed E-state index contributed by atoms with van der Waals surface area (Å²) in [5, 5.41) is 34.5. The average Bonchev–Trinajstić information content (AvgIpc) is 0.786. The van der Waals surface area contributed by atoms with Gasteiger partial charge in [-0.1, -0.05) is 143 Å². The summed E-state index contributed by atoms with van der Waals surface area (Å²) in [6.07, 6.45) is 1.67. The van der Waals surface area contributed by atoms with Gasteiger partial charge < -0.3 is 115 Å². The van der Waals surface area contributed by atoms with E-state index < -0.39 is 0 Å². The van der Waals surface area contributed by atoms with Crippen molar-refractivity contribution < 1.29 is 0 Å². The number of nitrogens with zero attached hydrogens (tertiary/aromatic N) is 23. The summed E-state index contributed by atoms with van der Waals surface area (Å²) < 4.78 is 0. The van der Waals surface area contributed by atoms with Gasteiger partial charge in [-0.15, -0.1) is 0 Å². The molecule has 0 aliphatic carbocycles. The molecule has 132 heavy (non-hydrogen) atoms. The molecule has 0 unspecified atom stereocenters. The molecule has 694 valence electrons. The highest BCUT2D eigenvalue weighted by Crippen LogP contribution is 2.23. The second-order valence-corrected chi connectivity index (χ2v) is 31.8. The Labute approximate surface area is 789 Å². The van der Waals surface area contributed by atoms with Crippen molar-refractivity contribution in [3.05, 3.63) is 234 Å². The molecule has 7 aromatic carbocycles. The Morgan fingerprint density at radius 2 is 0.485 bits per heavy atom. The monoisotopic (exact) mass is 1890 g/mol. The van der Waals surface area contributed by atoms with Crippen LogP contribution < -0.4 is 115 Å². The molecule has 0 amide bonds. The van der Waals surface area contributed by atoms with E-state index in [-0.39, 0.29) is 71.7 Å². The highest BCUT2D eigenvalue weighted by atomic mass is 35.5. The van der Waals surface area contributed by atoms with Crippen LogP contribution in [0.3, 0.4) is 0 Å². The summed E-state index contributed by atoms with van der Waals surface area (Å²) in [5.74, 6) is 6.79. The van der Waals surface area contributed by atoms with Gasteiger partial charge in [0.05, 0.1) is 0 Å². The van der Waals surface area contributed by atoms with E-state index in [9.17, 15) is 0 Å². The van der Waals surface area contributed by atoms with Crippen molar-refractivity contribution in [3.8, 4) is 0 Å². The largest absolute Gasteiger partial charge is 0.368 e. The maximum absolute atomic E-state index is 5.85. The van der Waals surface area contributed by atoms with E-state index in [1.54, 1.807) is 9.80 Å². The van der Waals surface area contributed by atoms with Gasteiger partial charge in [-0.25, -0.2) is 0 Å². The SMILES string of the molecule is CC(C)Nc1nc(N)nc(NCCc2ccc(Cl)cc2)n1.CC(C)Nc1nc(N)nc(NCc2ccc(Cl)cc2)n1.CN(C)c1nc(N)nc(NCc2ccc(Cl)cc2)n1.Cc1cccc(Nc2nc(N)nc(N(C)C)n2)c1.Cc1cccc(Nc2nc(N)nc(NC(C)C)n2)c1.Nc1nc(N)nc(NCCc2ccc(Cl)cc2)n1.Nc1nc(N)nc(NCc2ccc(Cl)cc2)n1. The van der Waals surface area contributed by atoms with Gasteiger partial charge in [0.1, 0.15) is 0 Å². The number of aromatic nitrogens is 21. The van der Waals surface area contributed by atoms with Crippen LogP contribution in [0.15, 0.2) is 170 Å². The smallest absolute Gasteiger partial charge is 0.233 e. The van der Waals surface area contributed by atoms with Crippen molar-refractivity contribution in [1.82, 2.24) is 105 Å². The molecule has 7 aromatic heterocycles. The van der Waals surface area contributed by atoms with E-state index in [1.807, 2.05) is 253 Å². The Morgan fingerprint density at radius 1 is 0.258 bits per heavy atom. The van der Waals surface area contributed by atoms with Gasteiger partial charge in [-0.3, -0.25) is 0 Å². The van der Waals surface area contributed by atoms with E-state index >= 15 is 0 Å². The molecular weight excluding hydrogens is 1790 g/mol. The van der Waals surface area contributed by atoms with E-state index in [2.05, 4.69) is 158 Å². The summed E-state index contributed by atoms with van der Waals surface area (Å²) in [4.78, 5) is 88.3. The number of nitrogen functional groups attached to an aromatic ring is 9. The number of nitrogens with one attached hydrogen (secondary N) is 10. The van der Waals surface area contributed by atoms with Crippen LogP contribution in [0.1, 0.15) is 80.5 Å². The zero-order valence-corrected chi connectivity index (χ0v) is 78.5. The molecule has 14 aromatic rings. The lowest BCUT2D eigenvalue weighted by Gasteiger charge is -2.12. The van der Waals surface area contributed by atoms with Crippen molar-refractivity contribution in [2.24, 2.45) is 0 Å². The molecule has 0 saturated carbocycles. The Hall–Kier alpha value is -15.1. The topological polar surface area (TPSA) is 632 Å². The van der Waals surface area contributed by atoms with Gasteiger partial charge in [0.2, 0.25) is 125 Å². The van der Waals surface area contributed by atoms with Crippen molar-refractivity contribution in [3.63, 3.8) is 0 Å². The van der Waals surface area contributed by atoms with Crippen LogP contribution in [0, 0.1) is 13.8 Å². The van der Waals surface area contributed by atoms with Crippen LogP contribution in [-0.4, -0.2) is 164 Å². The number of nitrogens with two attached hydrogens (primary N) is 9. The standard InChI is InChI=1S/C14H19ClN6.C13H17ClN6.C13H18N6.C12H15ClN6.C12H16N6.C11H13ClN6.C10H11ClN6/c1-9(2)18-14-20-12(16)19-13(21-14)17-8-7-10-3-5-11(15)6-4-10;1-8(2)17-13-19-11(15)18-12(20-13)16-7-9-3-5-10(14)6-4-9;1-8(2)15-12-17-11(14)18-13(19-12)16-10-6-4-5-9(3)7-10;1-19(2)12-17-10(14)16-11(18-12)15-7-8-3-5-9(13)6-4-8;1-8-5-4-6-9(7-8)14-11-15-10(13)16-12(17-11)18(2)3;12-8-3-1-7(2-4-8)5-6-15-11-17-9(13)16-10(14)18-11;11-7-3-1-6(2-4-7)5-14-10-16-8(12)15-9(13)17-10/h3-6,9H,7-8H2,1-2H3,(H4,16,17,18,19,20,21);3-6,8H,7H2,1-2H3,(H4,15,16,17,18,19,20);4-8H,1-3H3,(H4,14,15,16,17,18,19);3-6H,7H2,1-2H3,(H3,14,15,16,17,18);4-7H,1-3H3,(H3,13,14,15,16,17);1-4H,5-6H2,(H5,13,14,15,16,17,18);1-4H,5H2,(H5,12,13,14,15,16,17). The van der Waals surface area contributed by atoms with Crippen LogP contribution in [0.5, 0.6) is 0 Å². The van der Waals surface area contributed by atoms with Crippen molar-refractivity contribution in [2.45, 2.75) is 106 Å². The zero-order chi connectivity index (χ0) is 95.8. The lowest BCUT2D eigenvalue weighted by molar-refractivity contribution is 0.866. The number of benzene rings is 7. The fourth-order valence-corrected chi connectivity index (χ4v) is 11.3. The Bertz CT molecular complexity index is 5840. The molecule has 0 atom stereocenters. The first kappa shape index (κ1) is 102. The summed E-state index contributed by atoms with van der Waals surface area (Å²) in [6, 6.07) is 54.5. The molecule has 0 aliphatic rings. The maximum atomic E-state index is 5.85. The summed E-state index contributed by atoms with van der Waals surface area (Å²) in [7, 11) is 7.39. The predicted molar refractivity (Wildman–Crippen MR) is 536 cm³/mol. The number of hydrogen-bond donors (Lipinski definition) is 19. The first-order chi connectivity index (χ1) is 62.9. The van der Waals surface area contributed by atoms with E-state index in [4.69, 9.17) is 110 Å². The summed E-state index contributed by atoms with van der Waals surface area (Å²) in [5.41, 5.74) is 59.9. The van der Waals surface area contributed by atoms with Crippen LogP contribution in [-0.2, 0) is 32.5 Å². The molecule has 0 spiro atoms. The predicted octanol–water partition coefficient (Wildman–Crippen LogP) is 13.5. The van der Waals surface area contributed by atoms with Crippen LogP contribution in [0.4, 0.5) is 136 Å². The normalized spacial score (nSPS) is 10.4. The minimum Gasteiger partial charge on any atom is -0.368 e. The molecule has 0 aliphatic heterocycles. The summed E-state index contributed by atoms with van der Waals surface area (Å²) in [6.45, 7) is 19.2. The Balaban J connectivity index is 0.000000190. The third-order valence-corrected chi connectivity index (χ3v) is 17.8. The van der Waals surface area contributed by atoms with Crippen molar-refractivity contribution in [1.29, 1.82) is 0 Å². The summed E-state index contributed by atoms with van der Waals surface area (Å²) >= 11 is 29.1. The molecule has 0 radical (unpaired) electrons. The van der Waals surface area contributed by atoms with E-state index in [1.165, 1.54) is 11.1 Å².